The zero-order valence-electron chi connectivity index (χ0n) is 11.2. The third kappa shape index (κ3) is 2.44. The van der Waals surface area contributed by atoms with Crippen molar-refractivity contribution in [3.8, 4) is 0 Å². The molecule has 0 saturated carbocycles. The monoisotopic (exact) mass is 337 g/mol. The Kier molecular flexibility index (Phi) is 3.58. The van der Waals surface area contributed by atoms with Crippen molar-refractivity contribution in [2.45, 2.75) is 10.9 Å². The maximum atomic E-state index is 12.6. The van der Waals surface area contributed by atoms with Crippen LogP contribution in [0.15, 0.2) is 63.5 Å². The molecule has 0 bridgehead atoms. The molecule has 2 atom stereocenters. The topological polar surface area (TPSA) is 83.5 Å². The van der Waals surface area contributed by atoms with E-state index in [9.17, 15) is 13.2 Å². The Hall–Kier alpha value is -2.05. The van der Waals surface area contributed by atoms with Crippen LogP contribution in [0.5, 0.6) is 0 Å². The standard InChI is InChI=1S/C15H12ClNO4S/c16-13-8-17-14-7-11(5-6-12(13)14)22(20,21)10-3-1-9(2-4-10)15(18)19/h1-8,12,14,17H,(H,18,19). The van der Waals surface area contributed by atoms with Gasteiger partial charge in [0.05, 0.1) is 21.4 Å². The summed E-state index contributed by atoms with van der Waals surface area (Å²) in [6.45, 7) is 0. The van der Waals surface area contributed by atoms with E-state index in [1.807, 2.05) is 0 Å². The number of hydrogen-bond acceptors (Lipinski definition) is 4. The van der Waals surface area contributed by atoms with Crippen molar-refractivity contribution in [2.24, 2.45) is 5.92 Å². The molecule has 1 aromatic rings. The van der Waals surface area contributed by atoms with Crippen LogP contribution in [0.4, 0.5) is 0 Å². The van der Waals surface area contributed by atoms with E-state index in [4.69, 9.17) is 16.7 Å². The van der Waals surface area contributed by atoms with Crippen LogP contribution in [-0.2, 0) is 9.84 Å². The second-order valence-corrected chi connectivity index (χ2v) is 7.39. The largest absolute Gasteiger partial charge is 0.478 e. The van der Waals surface area contributed by atoms with E-state index in [2.05, 4.69) is 5.32 Å². The molecule has 2 unspecified atom stereocenters. The summed E-state index contributed by atoms with van der Waals surface area (Å²) < 4.78 is 25.2. The second kappa shape index (κ2) is 5.30. The molecule has 3 rings (SSSR count). The molecular formula is C15H12ClNO4S. The number of rotatable bonds is 3. The SMILES string of the molecule is O=C(O)c1ccc(S(=O)(=O)C2=CC3NC=C(Cl)C3C=C2)cc1. The normalized spacial score (nSPS) is 23.3. The zero-order chi connectivity index (χ0) is 15.9. The Morgan fingerprint density at radius 2 is 1.91 bits per heavy atom. The summed E-state index contributed by atoms with van der Waals surface area (Å²) in [5.41, 5.74) is 0.0422. The molecule has 2 aliphatic rings. The maximum absolute atomic E-state index is 12.6. The average molecular weight is 338 g/mol. The quantitative estimate of drug-likeness (QED) is 0.884. The summed E-state index contributed by atoms with van der Waals surface area (Å²) in [7, 11) is -3.69. The number of halogens is 1. The fourth-order valence-corrected chi connectivity index (χ4v) is 4.06. The predicted octanol–water partition coefficient (Wildman–Crippen LogP) is 2.28. The predicted molar refractivity (Wildman–Crippen MR) is 82.2 cm³/mol. The molecule has 0 radical (unpaired) electrons. The van der Waals surface area contributed by atoms with Crippen molar-refractivity contribution >= 4 is 27.4 Å². The second-order valence-electron chi connectivity index (χ2n) is 5.01. The molecule has 7 heteroatoms. The molecule has 1 aliphatic carbocycles. The number of carboxylic acid groups (broad SMARTS) is 1. The van der Waals surface area contributed by atoms with Gasteiger partial charge in [0.15, 0.2) is 0 Å². The van der Waals surface area contributed by atoms with Gasteiger partial charge in [-0.3, -0.25) is 0 Å². The maximum Gasteiger partial charge on any atom is 0.335 e. The van der Waals surface area contributed by atoms with Gasteiger partial charge in [0.25, 0.3) is 0 Å². The smallest absolute Gasteiger partial charge is 0.335 e. The Balaban J connectivity index is 1.92. The number of aromatic carboxylic acids is 1. The van der Waals surface area contributed by atoms with Crippen LogP contribution in [0.25, 0.3) is 0 Å². The number of fused-ring (bicyclic) bond motifs is 1. The summed E-state index contributed by atoms with van der Waals surface area (Å²) in [6.07, 6.45) is 6.57. The van der Waals surface area contributed by atoms with Crippen molar-refractivity contribution < 1.29 is 18.3 Å². The van der Waals surface area contributed by atoms with Crippen LogP contribution in [-0.4, -0.2) is 25.5 Å². The summed E-state index contributed by atoms with van der Waals surface area (Å²) in [6, 6.07) is 4.97. The van der Waals surface area contributed by atoms with E-state index in [1.54, 1.807) is 18.4 Å². The minimum Gasteiger partial charge on any atom is -0.478 e. The molecule has 5 nitrogen and oxygen atoms in total. The molecule has 0 saturated heterocycles. The Labute approximate surface area is 132 Å². The van der Waals surface area contributed by atoms with Crippen molar-refractivity contribution in [1.29, 1.82) is 0 Å². The van der Waals surface area contributed by atoms with Gasteiger partial charge in [0.1, 0.15) is 0 Å². The van der Waals surface area contributed by atoms with Gasteiger partial charge in [-0.05, 0) is 36.4 Å². The molecule has 1 aromatic carbocycles. The fraction of sp³-hybridized carbons (Fsp3) is 0.133. The molecule has 0 amide bonds. The van der Waals surface area contributed by atoms with E-state index >= 15 is 0 Å². The first kappa shape index (κ1) is 14.9. The highest BCUT2D eigenvalue weighted by Crippen LogP contribution is 2.33. The molecule has 0 fully saturated rings. The first-order valence-corrected chi connectivity index (χ1v) is 8.36. The lowest BCUT2D eigenvalue weighted by Crippen LogP contribution is -2.27. The van der Waals surface area contributed by atoms with Gasteiger partial charge in [-0.2, -0.15) is 0 Å². The third-order valence-electron chi connectivity index (χ3n) is 3.65. The molecule has 0 spiro atoms. The van der Waals surface area contributed by atoms with Gasteiger partial charge in [-0.25, -0.2) is 13.2 Å². The van der Waals surface area contributed by atoms with Gasteiger partial charge < -0.3 is 10.4 Å². The number of carboxylic acids is 1. The van der Waals surface area contributed by atoms with E-state index in [-0.39, 0.29) is 27.3 Å². The number of nitrogens with one attached hydrogen (secondary N) is 1. The number of sulfone groups is 1. The van der Waals surface area contributed by atoms with Crippen molar-refractivity contribution in [1.82, 2.24) is 5.32 Å². The van der Waals surface area contributed by atoms with Gasteiger partial charge >= 0.3 is 5.97 Å². The summed E-state index contributed by atoms with van der Waals surface area (Å²) in [5.74, 6) is -1.14. The molecular weight excluding hydrogens is 326 g/mol. The first-order valence-electron chi connectivity index (χ1n) is 6.50. The molecule has 114 valence electrons. The third-order valence-corrected chi connectivity index (χ3v) is 5.80. The molecule has 1 heterocycles. The minimum atomic E-state index is -3.69. The molecule has 22 heavy (non-hydrogen) atoms. The van der Waals surface area contributed by atoms with Crippen LogP contribution in [0.1, 0.15) is 10.4 Å². The van der Waals surface area contributed by atoms with Gasteiger partial charge in [-0.15, -0.1) is 0 Å². The van der Waals surface area contributed by atoms with Crippen LogP contribution in [0, 0.1) is 5.92 Å². The van der Waals surface area contributed by atoms with E-state index < -0.39 is 15.8 Å². The van der Waals surface area contributed by atoms with Crippen LogP contribution < -0.4 is 5.32 Å². The van der Waals surface area contributed by atoms with Gasteiger partial charge in [-0.1, -0.05) is 17.7 Å². The highest BCUT2D eigenvalue weighted by molar-refractivity contribution is 7.95. The minimum absolute atomic E-state index is 0.0422. The lowest BCUT2D eigenvalue weighted by molar-refractivity contribution is 0.0697. The van der Waals surface area contributed by atoms with Crippen LogP contribution >= 0.6 is 11.6 Å². The lowest BCUT2D eigenvalue weighted by atomic mass is 9.98. The lowest BCUT2D eigenvalue weighted by Gasteiger charge is -2.20. The molecule has 0 aromatic heterocycles. The Morgan fingerprint density at radius 1 is 1.23 bits per heavy atom. The summed E-state index contributed by atoms with van der Waals surface area (Å²) in [5, 5.41) is 12.5. The van der Waals surface area contributed by atoms with Crippen LogP contribution in [0.2, 0.25) is 0 Å². The molecule has 2 N–H and O–H groups in total. The summed E-state index contributed by atoms with van der Waals surface area (Å²) >= 11 is 6.02. The zero-order valence-corrected chi connectivity index (χ0v) is 12.8. The Morgan fingerprint density at radius 3 is 2.55 bits per heavy atom. The van der Waals surface area contributed by atoms with Crippen molar-refractivity contribution in [3.05, 3.63) is 64.2 Å². The van der Waals surface area contributed by atoms with E-state index in [0.717, 1.165) is 0 Å². The van der Waals surface area contributed by atoms with Crippen molar-refractivity contribution in [3.63, 3.8) is 0 Å². The van der Waals surface area contributed by atoms with Crippen LogP contribution in [0.3, 0.4) is 0 Å². The number of allylic oxidation sites excluding steroid dienone is 1. The van der Waals surface area contributed by atoms with E-state index in [1.165, 1.54) is 30.3 Å². The van der Waals surface area contributed by atoms with E-state index in [0.29, 0.717) is 5.03 Å². The molecule has 1 aliphatic heterocycles. The highest BCUT2D eigenvalue weighted by Gasteiger charge is 2.31. The van der Waals surface area contributed by atoms with Crippen molar-refractivity contribution in [2.75, 3.05) is 0 Å². The van der Waals surface area contributed by atoms with Gasteiger partial charge in [0, 0.05) is 17.2 Å². The van der Waals surface area contributed by atoms with Gasteiger partial charge in [0.2, 0.25) is 9.84 Å². The number of carbonyl (C=O) groups is 1. The summed E-state index contributed by atoms with van der Waals surface area (Å²) in [4.78, 5) is 11.1. The Bertz CT molecular complexity index is 822. The average Bonchev–Trinajstić information content (AvgIpc) is 2.88. The fourth-order valence-electron chi connectivity index (χ4n) is 2.43. The number of benzene rings is 1. The first-order chi connectivity index (χ1) is 10.4. The number of hydrogen-bond donors (Lipinski definition) is 2. The highest BCUT2D eigenvalue weighted by atomic mass is 35.5.